The zero-order valence-electron chi connectivity index (χ0n) is 30.5. The normalized spacial score (nSPS) is 35.2. The maximum Gasteiger partial charge on any atom is 1.00 e. The van der Waals surface area contributed by atoms with E-state index in [4.69, 9.17) is 48.5 Å². The molecule has 2 bridgehead atoms. The Labute approximate surface area is 366 Å². The smallest absolute Gasteiger partial charge is 0.756 e. The molecule has 24 nitrogen and oxygen atoms in total. The topological polar surface area (TPSA) is 331 Å². The number of fused-ring (bicyclic) bond motifs is 5. The minimum Gasteiger partial charge on any atom is -0.756 e. The van der Waals surface area contributed by atoms with Gasteiger partial charge in [0.05, 0.1) is 25.9 Å². The average molecular weight is 855 g/mol. The summed E-state index contributed by atoms with van der Waals surface area (Å²) in [7, 11) is -10.9. The van der Waals surface area contributed by atoms with Crippen LogP contribution in [0.15, 0.2) is 37.5 Å². The summed E-state index contributed by atoms with van der Waals surface area (Å²) in [5.74, 6) is -0.00370. The van der Waals surface area contributed by atoms with Crippen LogP contribution in [0.5, 0.6) is 0 Å². The molecule has 28 heteroatoms. The molecule has 11 atom stereocenters. The molecule has 0 amide bonds. The van der Waals surface area contributed by atoms with Crippen molar-refractivity contribution in [1.82, 2.24) is 39.0 Å². The van der Waals surface area contributed by atoms with Gasteiger partial charge in [-0.1, -0.05) is 12.5 Å². The van der Waals surface area contributed by atoms with Crippen LogP contribution in [0, 0.1) is 0 Å². The second-order valence-electron chi connectivity index (χ2n) is 13.0. The van der Waals surface area contributed by atoms with Crippen molar-refractivity contribution >= 4 is 55.8 Å². The van der Waals surface area contributed by atoms with Gasteiger partial charge in [0.15, 0.2) is 41.5 Å². The third kappa shape index (κ3) is 9.42. The number of allylic oxidation sites excluding steroid dienone is 1. The number of phosphoric acid groups is 2. The molecule has 4 aromatic heterocycles. The summed E-state index contributed by atoms with van der Waals surface area (Å²) in [5.41, 5.74) is 12.3. The summed E-state index contributed by atoms with van der Waals surface area (Å²) in [5, 5.41) is 11.2. The second-order valence-corrected chi connectivity index (χ2v) is 15.7. The van der Waals surface area contributed by atoms with E-state index < -0.39 is 90.2 Å². The van der Waals surface area contributed by atoms with Gasteiger partial charge in [0.25, 0.3) is 15.6 Å². The predicted molar refractivity (Wildman–Crippen MR) is 178 cm³/mol. The van der Waals surface area contributed by atoms with Crippen molar-refractivity contribution in [1.29, 1.82) is 0 Å². The van der Waals surface area contributed by atoms with E-state index in [1.54, 1.807) is 6.08 Å². The molecule has 0 spiro atoms. The molecular weight excluding hydrogens is 820 g/mol. The zero-order chi connectivity index (χ0) is 38.5. The summed E-state index contributed by atoms with van der Waals surface area (Å²) < 4.78 is 74.0. The van der Waals surface area contributed by atoms with Gasteiger partial charge in [-0.15, -0.1) is 0 Å². The van der Waals surface area contributed by atoms with Gasteiger partial charge in [0, 0.05) is 0 Å². The Balaban J connectivity index is 0.00000275. The van der Waals surface area contributed by atoms with Crippen LogP contribution in [-0.4, -0.2) is 106 Å². The number of nitrogens with two attached hydrogens (primary N) is 2. The Bertz CT molecular complexity index is 2200. The summed E-state index contributed by atoms with van der Waals surface area (Å²) >= 11 is 0. The van der Waals surface area contributed by atoms with E-state index in [-0.39, 0.29) is 93.1 Å². The minimum absolute atomic E-state index is 0. The first-order valence-corrected chi connectivity index (χ1v) is 20.0. The van der Waals surface area contributed by atoms with Crippen LogP contribution < -0.4 is 80.4 Å². The van der Waals surface area contributed by atoms with E-state index >= 15 is 0 Å². The first-order valence-electron chi connectivity index (χ1n) is 17.0. The van der Waals surface area contributed by atoms with Crippen molar-refractivity contribution in [3.63, 3.8) is 0 Å². The van der Waals surface area contributed by atoms with Crippen LogP contribution in [-0.2, 0) is 46.2 Å². The number of anilines is 2. The Hall–Kier alpha value is -2.19. The van der Waals surface area contributed by atoms with Crippen LogP contribution in [0.4, 0.5) is 16.4 Å². The van der Waals surface area contributed by atoms with E-state index in [9.17, 15) is 28.8 Å². The standard InChI is InChI=1S/C29H36N10O14P2.2Na/c30-23-17-25(34-10-32-23)38(12-36-17)27-21-19(40)15(49-27)8-46-54(42,43)52-20-16(9-47-55(44,45)53-21)50-28(39-13-37-18-24(31)33-11-35-26(18)39)22(20)51-29(41)48-14-6-4-2-1-3-5-7-14;;/h4,6,10-16,19-22,27-28,40H,1-3,5,7-9H2,(H,42,43)(H,44,45)(H2,30,32,34)(H2,31,33,35);;/q;2*+1/p-2/b6-4+;;/t14?,15-,16-,19-,20-,21-,22-,27-,28-;;/m1../s1. The fraction of sp³-hybridized carbons (Fsp3) is 0.552. The van der Waals surface area contributed by atoms with Gasteiger partial charge in [0.2, 0.25) is 0 Å². The summed E-state index contributed by atoms with van der Waals surface area (Å²) in [6.45, 7) is -1.85. The number of imidazole rings is 2. The Kier molecular flexibility index (Phi) is 14.2. The molecule has 57 heavy (non-hydrogen) atoms. The molecule has 3 fully saturated rings. The van der Waals surface area contributed by atoms with Crippen LogP contribution in [0.25, 0.3) is 22.3 Å². The van der Waals surface area contributed by atoms with Gasteiger partial charge in [-0.05, 0) is 31.8 Å². The third-order valence-electron chi connectivity index (χ3n) is 9.41. The molecule has 0 aromatic carbocycles. The molecule has 7 heterocycles. The monoisotopic (exact) mass is 854 g/mol. The van der Waals surface area contributed by atoms with Crippen molar-refractivity contribution in [2.45, 2.75) is 87.3 Å². The van der Waals surface area contributed by atoms with Crippen molar-refractivity contribution in [3.05, 3.63) is 37.5 Å². The molecule has 296 valence electrons. The molecule has 8 rings (SSSR count). The molecule has 3 saturated heterocycles. The minimum atomic E-state index is -5.46. The van der Waals surface area contributed by atoms with E-state index in [1.165, 1.54) is 21.8 Å². The maximum absolute atomic E-state index is 13.5. The third-order valence-corrected chi connectivity index (χ3v) is 11.3. The molecule has 1 aliphatic carbocycles. The number of carbonyl (C=O) groups excluding carboxylic acids is 1. The number of carbonyl (C=O) groups is 1. The molecule has 4 aliphatic rings. The van der Waals surface area contributed by atoms with Crippen LogP contribution in [0.3, 0.4) is 0 Å². The number of hydrogen-bond acceptors (Lipinski definition) is 22. The van der Waals surface area contributed by atoms with Crippen molar-refractivity contribution < 1.29 is 125 Å². The van der Waals surface area contributed by atoms with Gasteiger partial charge in [-0.3, -0.25) is 18.3 Å². The second kappa shape index (κ2) is 18.2. The van der Waals surface area contributed by atoms with E-state index in [2.05, 4.69) is 29.9 Å². The fourth-order valence-corrected chi connectivity index (χ4v) is 8.66. The van der Waals surface area contributed by atoms with Gasteiger partial charge < -0.3 is 63.4 Å². The maximum atomic E-state index is 13.5. The van der Waals surface area contributed by atoms with Gasteiger partial charge in [0.1, 0.15) is 60.3 Å². The largest absolute Gasteiger partial charge is 1.00 e. The first kappa shape index (κ1) is 44.4. The molecule has 0 radical (unpaired) electrons. The molecule has 3 aliphatic heterocycles. The SMILES string of the molecule is Nc1ncnc2c1ncn2[C@@H]1O[C@@H]2COP(=O)([O-])O[C@H]3[C@@H](OC(=O)OC4/C=C/CCCCC4)[C@H](n4cnc5c(N)ncnc54)O[C@@H]3COP(=O)([O-])O[C@@H]1[C@@H]2O.[Na+].[Na+]. The molecular formula is C29H34N10Na2O14P2. The number of aliphatic hydroxyl groups excluding tert-OH is 1. The van der Waals surface area contributed by atoms with Crippen molar-refractivity contribution in [3.8, 4) is 0 Å². The Morgan fingerprint density at radius 1 is 0.789 bits per heavy atom. The quantitative estimate of drug-likeness (QED) is 0.0745. The molecule has 5 N–H and O–H groups in total. The van der Waals surface area contributed by atoms with Gasteiger partial charge in [-0.2, -0.15) is 0 Å². The summed E-state index contributed by atoms with van der Waals surface area (Å²) in [6, 6.07) is 0. The number of rotatable bonds is 4. The first-order chi connectivity index (χ1) is 26.4. The number of aliphatic hydroxyl groups is 1. The molecule has 0 saturated carbocycles. The summed E-state index contributed by atoms with van der Waals surface area (Å²) in [4.78, 5) is 64.8. The Morgan fingerprint density at radius 2 is 1.37 bits per heavy atom. The zero-order valence-corrected chi connectivity index (χ0v) is 36.3. The number of aromatic nitrogens is 8. The van der Waals surface area contributed by atoms with Crippen LogP contribution in [0.1, 0.15) is 44.6 Å². The van der Waals surface area contributed by atoms with Gasteiger partial charge >= 0.3 is 65.3 Å². The predicted octanol–water partition coefficient (Wildman–Crippen LogP) is -5.84. The average Bonchev–Trinajstić information content (AvgIpc) is 3.89. The molecule has 4 aromatic rings. The summed E-state index contributed by atoms with van der Waals surface area (Å²) in [6.07, 6.45) is -2.73. The number of nitrogens with zero attached hydrogens (tertiary/aromatic N) is 8. The molecule has 3 unspecified atom stereocenters. The van der Waals surface area contributed by atoms with E-state index in [0.29, 0.717) is 6.42 Å². The van der Waals surface area contributed by atoms with Crippen LogP contribution >= 0.6 is 15.6 Å². The van der Waals surface area contributed by atoms with Crippen molar-refractivity contribution in [2.24, 2.45) is 0 Å². The van der Waals surface area contributed by atoms with Gasteiger partial charge in [-0.25, -0.2) is 34.7 Å². The van der Waals surface area contributed by atoms with Crippen molar-refractivity contribution in [2.75, 3.05) is 24.7 Å². The fourth-order valence-electron chi connectivity index (χ4n) is 6.80. The number of phosphoric ester groups is 2. The number of hydrogen-bond donors (Lipinski definition) is 3. The van der Waals surface area contributed by atoms with Crippen LogP contribution in [0.2, 0.25) is 0 Å². The van der Waals surface area contributed by atoms with E-state index in [0.717, 1.165) is 38.3 Å². The number of ether oxygens (including phenoxy) is 4. The Morgan fingerprint density at radius 3 is 2.02 bits per heavy atom. The van der Waals surface area contributed by atoms with E-state index in [1.807, 2.05) is 6.08 Å². The number of nitrogen functional groups attached to an aromatic ring is 2.